The number of carboxylic acids is 1. The van der Waals surface area contributed by atoms with Crippen molar-refractivity contribution in [1.29, 1.82) is 0 Å². The molecule has 3 N–H and O–H groups in total. The van der Waals surface area contributed by atoms with Gasteiger partial charge in [0.15, 0.2) is 6.10 Å². The Labute approximate surface area is 93.1 Å². The lowest BCUT2D eigenvalue weighted by Crippen LogP contribution is -2.27. The Bertz CT molecular complexity index is 361. The number of rotatable bonds is 5. The maximum Gasteiger partial charge on any atom is 0.335 e. The van der Waals surface area contributed by atoms with Gasteiger partial charge in [-0.3, -0.25) is 4.68 Å². The highest BCUT2D eigenvalue weighted by Gasteiger charge is 2.26. The van der Waals surface area contributed by atoms with Gasteiger partial charge in [-0.05, 0) is 5.92 Å². The van der Waals surface area contributed by atoms with Crippen LogP contribution in [0.15, 0.2) is 12.4 Å². The van der Waals surface area contributed by atoms with Crippen molar-refractivity contribution >= 4 is 5.97 Å². The summed E-state index contributed by atoms with van der Waals surface area (Å²) in [6, 6.07) is 0. The van der Waals surface area contributed by atoms with E-state index < -0.39 is 18.2 Å². The summed E-state index contributed by atoms with van der Waals surface area (Å²) in [4.78, 5) is 10.5. The van der Waals surface area contributed by atoms with Gasteiger partial charge in [0.25, 0.3) is 0 Å². The van der Waals surface area contributed by atoms with Crippen LogP contribution in [0, 0.1) is 5.92 Å². The van der Waals surface area contributed by atoms with Crippen LogP contribution in [-0.4, -0.2) is 37.2 Å². The maximum absolute atomic E-state index is 10.5. The molecule has 0 aromatic carbocycles. The van der Waals surface area contributed by atoms with Crippen LogP contribution in [-0.2, 0) is 11.3 Å². The van der Waals surface area contributed by atoms with Crippen molar-refractivity contribution in [2.45, 2.75) is 32.6 Å². The van der Waals surface area contributed by atoms with Crippen LogP contribution >= 0.6 is 0 Å². The van der Waals surface area contributed by atoms with Crippen LogP contribution < -0.4 is 0 Å². The van der Waals surface area contributed by atoms with E-state index in [2.05, 4.69) is 5.10 Å². The zero-order valence-electron chi connectivity index (χ0n) is 9.24. The highest BCUT2D eigenvalue weighted by molar-refractivity contribution is 5.72. The smallest absolute Gasteiger partial charge is 0.335 e. The fourth-order valence-electron chi connectivity index (χ4n) is 1.32. The van der Waals surface area contributed by atoms with Crippen LogP contribution in [0.2, 0.25) is 0 Å². The van der Waals surface area contributed by atoms with E-state index in [9.17, 15) is 9.90 Å². The monoisotopic (exact) mass is 228 g/mol. The van der Waals surface area contributed by atoms with Gasteiger partial charge in [-0.1, -0.05) is 13.8 Å². The summed E-state index contributed by atoms with van der Waals surface area (Å²) in [6.07, 6.45) is -0.370. The van der Waals surface area contributed by atoms with Gasteiger partial charge in [-0.25, -0.2) is 4.79 Å². The molecule has 0 fully saturated rings. The Morgan fingerprint density at radius 1 is 1.50 bits per heavy atom. The third-order valence-electron chi connectivity index (χ3n) is 2.10. The number of hydrogen-bond donors (Lipinski definition) is 3. The summed E-state index contributed by atoms with van der Waals surface area (Å²) >= 11 is 0. The number of aromatic nitrogens is 2. The maximum atomic E-state index is 10.5. The highest BCUT2D eigenvalue weighted by Crippen LogP contribution is 2.16. The molecular formula is C10H16N2O4. The number of hydrogen-bond acceptors (Lipinski definition) is 4. The lowest BCUT2D eigenvalue weighted by molar-refractivity contribution is -0.153. The summed E-state index contributed by atoms with van der Waals surface area (Å²) < 4.78 is 1.61. The number of aliphatic carboxylic acids is 1. The van der Waals surface area contributed by atoms with Gasteiger partial charge in [0, 0.05) is 18.3 Å². The van der Waals surface area contributed by atoms with Gasteiger partial charge in [0.05, 0.1) is 6.20 Å². The average molecular weight is 228 g/mol. The number of aliphatic hydroxyl groups is 2. The third-order valence-corrected chi connectivity index (χ3v) is 2.10. The molecule has 2 atom stereocenters. The summed E-state index contributed by atoms with van der Waals surface area (Å²) in [6.45, 7) is 4.71. The van der Waals surface area contributed by atoms with E-state index in [1.54, 1.807) is 4.68 Å². The molecule has 6 heteroatoms. The van der Waals surface area contributed by atoms with Crippen molar-refractivity contribution < 1.29 is 20.1 Å². The van der Waals surface area contributed by atoms with E-state index in [1.165, 1.54) is 12.4 Å². The molecular weight excluding hydrogens is 212 g/mol. The Morgan fingerprint density at radius 3 is 2.62 bits per heavy atom. The van der Waals surface area contributed by atoms with E-state index in [1.807, 2.05) is 13.8 Å². The fraction of sp³-hybridized carbons (Fsp3) is 0.600. The zero-order valence-corrected chi connectivity index (χ0v) is 9.24. The molecule has 90 valence electrons. The summed E-state index contributed by atoms with van der Waals surface area (Å²) in [7, 11) is 0. The first-order valence-corrected chi connectivity index (χ1v) is 5.03. The van der Waals surface area contributed by atoms with E-state index in [0.29, 0.717) is 18.0 Å². The first-order chi connectivity index (χ1) is 7.41. The molecule has 1 aromatic heterocycles. The number of nitrogens with zero attached hydrogens (tertiary/aromatic N) is 2. The van der Waals surface area contributed by atoms with Gasteiger partial charge in [0.1, 0.15) is 6.10 Å². The quantitative estimate of drug-likeness (QED) is 0.660. The number of carboxylic acid groups (broad SMARTS) is 1. The predicted octanol–water partition coefficient (Wildman–Crippen LogP) is 0.0180. The molecule has 0 bridgehead atoms. The van der Waals surface area contributed by atoms with Gasteiger partial charge in [-0.2, -0.15) is 5.10 Å². The summed E-state index contributed by atoms with van der Waals surface area (Å²) in [5.74, 6) is -1.06. The van der Waals surface area contributed by atoms with Gasteiger partial charge in [-0.15, -0.1) is 0 Å². The zero-order chi connectivity index (χ0) is 12.3. The van der Waals surface area contributed by atoms with Crippen molar-refractivity contribution in [3.05, 3.63) is 18.0 Å². The van der Waals surface area contributed by atoms with Crippen LogP contribution in [0.4, 0.5) is 0 Å². The molecule has 0 saturated heterocycles. The van der Waals surface area contributed by atoms with Crippen molar-refractivity contribution in [2.24, 2.45) is 5.92 Å². The largest absolute Gasteiger partial charge is 0.479 e. The minimum atomic E-state index is -1.82. The Balaban J connectivity index is 2.73. The second kappa shape index (κ2) is 5.09. The molecule has 0 amide bonds. The molecule has 0 radical (unpaired) electrons. The molecule has 6 nitrogen and oxygen atoms in total. The normalized spacial score (nSPS) is 15.1. The summed E-state index contributed by atoms with van der Waals surface area (Å²) in [5, 5.41) is 31.2. The first-order valence-electron chi connectivity index (χ1n) is 5.03. The van der Waals surface area contributed by atoms with Crippen molar-refractivity contribution in [1.82, 2.24) is 9.78 Å². The van der Waals surface area contributed by atoms with Gasteiger partial charge >= 0.3 is 5.97 Å². The Kier molecular flexibility index (Phi) is 4.03. The minimum absolute atomic E-state index is 0.301. The standard InChI is InChI=1S/C10H16N2O4/c1-6(2)4-12-5-7(3-11-12)8(13)9(14)10(15)16/h3,5-6,8-9,13-14H,4H2,1-2H3,(H,15,16). The lowest BCUT2D eigenvalue weighted by Gasteiger charge is -2.11. The molecule has 16 heavy (non-hydrogen) atoms. The molecule has 1 heterocycles. The fourth-order valence-corrected chi connectivity index (χ4v) is 1.32. The highest BCUT2D eigenvalue weighted by atomic mass is 16.4. The second-order valence-electron chi connectivity index (χ2n) is 4.12. The molecule has 1 aromatic rings. The molecule has 2 unspecified atom stereocenters. The minimum Gasteiger partial charge on any atom is -0.479 e. The van der Waals surface area contributed by atoms with Crippen LogP contribution in [0.25, 0.3) is 0 Å². The van der Waals surface area contributed by atoms with Crippen LogP contribution in [0.3, 0.4) is 0 Å². The van der Waals surface area contributed by atoms with E-state index in [-0.39, 0.29) is 0 Å². The van der Waals surface area contributed by atoms with Crippen molar-refractivity contribution in [3.8, 4) is 0 Å². The van der Waals surface area contributed by atoms with Gasteiger partial charge < -0.3 is 15.3 Å². The number of aliphatic hydroxyl groups excluding tert-OH is 2. The van der Waals surface area contributed by atoms with E-state index >= 15 is 0 Å². The van der Waals surface area contributed by atoms with E-state index in [0.717, 1.165) is 0 Å². The SMILES string of the molecule is CC(C)Cn1cc(C(O)C(O)C(=O)O)cn1. The third kappa shape index (κ3) is 3.04. The lowest BCUT2D eigenvalue weighted by atomic mass is 10.1. The Hall–Kier alpha value is -1.40. The molecule has 0 aliphatic rings. The summed E-state index contributed by atoms with van der Waals surface area (Å²) in [5.41, 5.74) is 0.301. The molecule has 0 spiro atoms. The topological polar surface area (TPSA) is 95.6 Å². The van der Waals surface area contributed by atoms with Crippen molar-refractivity contribution in [2.75, 3.05) is 0 Å². The van der Waals surface area contributed by atoms with Crippen LogP contribution in [0.5, 0.6) is 0 Å². The molecule has 0 aliphatic heterocycles. The Morgan fingerprint density at radius 2 is 2.12 bits per heavy atom. The number of carbonyl (C=O) groups is 1. The van der Waals surface area contributed by atoms with E-state index in [4.69, 9.17) is 10.2 Å². The van der Waals surface area contributed by atoms with Crippen molar-refractivity contribution in [3.63, 3.8) is 0 Å². The molecule has 0 saturated carbocycles. The first kappa shape index (κ1) is 12.7. The van der Waals surface area contributed by atoms with Gasteiger partial charge in [0.2, 0.25) is 0 Å². The predicted molar refractivity (Wildman–Crippen MR) is 55.7 cm³/mol. The average Bonchev–Trinajstić information content (AvgIpc) is 2.62. The van der Waals surface area contributed by atoms with Crippen LogP contribution in [0.1, 0.15) is 25.5 Å². The molecule has 1 rings (SSSR count). The second-order valence-corrected chi connectivity index (χ2v) is 4.12. The molecule has 0 aliphatic carbocycles.